The zero-order valence-corrected chi connectivity index (χ0v) is 21.4. The molecule has 0 aromatic heterocycles. The Hall–Kier alpha value is -2.37. The van der Waals surface area contributed by atoms with E-state index >= 15 is 0 Å². The highest BCUT2D eigenvalue weighted by Gasteiger charge is 2.38. The summed E-state index contributed by atoms with van der Waals surface area (Å²) in [5.41, 5.74) is -0.309. The van der Waals surface area contributed by atoms with Gasteiger partial charge in [-0.15, -0.1) is 0 Å². The minimum absolute atomic E-state index is 0.0865. The molecule has 0 radical (unpaired) electrons. The first-order valence-electron chi connectivity index (χ1n) is 11.4. The van der Waals surface area contributed by atoms with Crippen molar-refractivity contribution >= 4 is 33.9 Å². The number of ether oxygens (including phenoxy) is 1. The molecular weight excluding hydrogens is 494 g/mol. The number of aromatic hydroxyl groups is 1. The highest BCUT2D eigenvalue weighted by molar-refractivity contribution is 7.73. The predicted octanol–water partition coefficient (Wildman–Crippen LogP) is 2.33. The third-order valence-electron chi connectivity index (χ3n) is 5.90. The lowest BCUT2D eigenvalue weighted by Crippen LogP contribution is -2.57. The Morgan fingerprint density at radius 3 is 2.49 bits per heavy atom. The van der Waals surface area contributed by atoms with Gasteiger partial charge in [0.2, 0.25) is 5.91 Å². The third kappa shape index (κ3) is 8.08. The molecule has 11 heteroatoms. The first-order valence-corrected chi connectivity index (χ1v) is 13.0. The molecule has 9 nitrogen and oxygen atoms in total. The highest BCUT2D eigenvalue weighted by Crippen LogP contribution is 2.30. The molecule has 1 aliphatic heterocycles. The van der Waals surface area contributed by atoms with Crippen LogP contribution in [0, 0.1) is 0 Å². The number of carbonyl (C=O) groups excluding carboxylic acids is 1. The molecule has 4 N–H and O–H groups in total. The summed E-state index contributed by atoms with van der Waals surface area (Å²) in [5, 5.41) is 25.9. The molecule has 0 spiro atoms. The SMILES string of the molecule is CC(=O)Nc1ccc(O)cc1OC[C@](C)(O)C(NC1CCN(Cc2ccc(Cl)cc2)CC1)[SH](=O)=O. The van der Waals surface area contributed by atoms with E-state index in [2.05, 4.69) is 15.5 Å². The predicted molar refractivity (Wildman–Crippen MR) is 136 cm³/mol. The Labute approximate surface area is 212 Å². The monoisotopic (exact) mass is 525 g/mol. The van der Waals surface area contributed by atoms with Crippen molar-refractivity contribution < 1.29 is 28.2 Å². The van der Waals surface area contributed by atoms with Crippen molar-refractivity contribution in [1.82, 2.24) is 10.2 Å². The summed E-state index contributed by atoms with van der Waals surface area (Å²) in [6.07, 6.45) is 1.45. The van der Waals surface area contributed by atoms with Gasteiger partial charge in [-0.1, -0.05) is 23.7 Å². The largest absolute Gasteiger partial charge is 0.508 e. The summed E-state index contributed by atoms with van der Waals surface area (Å²) in [4.78, 5) is 13.7. The standard InChI is InChI=1S/C24H32ClN3O6S/c1-16(29)26-21-8-7-20(30)13-22(21)34-15-24(2,31)23(35(32)33)27-19-9-11-28(12-10-19)14-17-3-5-18(25)6-4-17/h3-8,13,19,23,27,30-31,35H,9-12,14-15H2,1-2H3,(H,26,29)/t23?,24-/m0/s1. The second-order valence-electron chi connectivity index (χ2n) is 9.04. The molecule has 2 atom stereocenters. The topological polar surface area (TPSA) is 128 Å². The van der Waals surface area contributed by atoms with Crippen LogP contribution in [-0.2, 0) is 22.0 Å². The number of anilines is 1. The van der Waals surface area contributed by atoms with Gasteiger partial charge in [0.25, 0.3) is 0 Å². The number of hydrogen-bond donors (Lipinski definition) is 5. The first-order chi connectivity index (χ1) is 16.5. The Morgan fingerprint density at radius 2 is 1.89 bits per heavy atom. The minimum Gasteiger partial charge on any atom is -0.508 e. The van der Waals surface area contributed by atoms with Gasteiger partial charge >= 0.3 is 0 Å². The summed E-state index contributed by atoms with van der Waals surface area (Å²) in [7, 11) is -3.03. The number of phenols is 1. The minimum atomic E-state index is -3.03. The van der Waals surface area contributed by atoms with Crippen LogP contribution in [0.25, 0.3) is 0 Å². The Bertz CT molecular complexity index is 1080. The molecule has 0 aliphatic carbocycles. The van der Waals surface area contributed by atoms with Gasteiger partial charge in [0.1, 0.15) is 29.1 Å². The highest BCUT2D eigenvalue weighted by atomic mass is 35.5. The fraction of sp³-hybridized carbons (Fsp3) is 0.458. The number of nitrogens with one attached hydrogen (secondary N) is 2. The van der Waals surface area contributed by atoms with E-state index in [4.69, 9.17) is 16.3 Å². The van der Waals surface area contributed by atoms with Crippen LogP contribution >= 0.6 is 11.6 Å². The van der Waals surface area contributed by atoms with Gasteiger partial charge in [-0.05, 0) is 62.7 Å². The lowest BCUT2D eigenvalue weighted by Gasteiger charge is -2.37. The Morgan fingerprint density at radius 1 is 1.23 bits per heavy atom. The molecule has 2 aromatic rings. The number of carbonyl (C=O) groups is 1. The number of phenolic OH excluding ortho intramolecular Hbond substituents is 1. The molecule has 1 amide bonds. The van der Waals surface area contributed by atoms with E-state index in [0.717, 1.165) is 38.0 Å². The number of amides is 1. The number of benzene rings is 2. The number of halogens is 1. The van der Waals surface area contributed by atoms with Crippen molar-refractivity contribution in [3.63, 3.8) is 0 Å². The second-order valence-corrected chi connectivity index (χ2v) is 10.6. The summed E-state index contributed by atoms with van der Waals surface area (Å²) in [5.74, 6) is -0.309. The van der Waals surface area contributed by atoms with Gasteiger partial charge in [0.05, 0.1) is 5.69 Å². The molecule has 2 aromatic carbocycles. The number of piperidine rings is 1. The smallest absolute Gasteiger partial charge is 0.221 e. The van der Waals surface area contributed by atoms with E-state index in [9.17, 15) is 23.4 Å². The Balaban J connectivity index is 1.58. The van der Waals surface area contributed by atoms with Gasteiger partial charge in [-0.3, -0.25) is 15.0 Å². The first kappa shape index (κ1) is 27.2. The van der Waals surface area contributed by atoms with E-state index in [1.807, 2.05) is 24.3 Å². The van der Waals surface area contributed by atoms with Crippen molar-refractivity contribution in [1.29, 1.82) is 0 Å². The van der Waals surface area contributed by atoms with Gasteiger partial charge in [-0.2, -0.15) is 0 Å². The average Bonchev–Trinajstić information content (AvgIpc) is 2.79. The zero-order valence-electron chi connectivity index (χ0n) is 19.7. The van der Waals surface area contributed by atoms with Gasteiger partial charge in [0.15, 0.2) is 10.7 Å². The quantitative estimate of drug-likeness (QED) is 0.236. The maximum Gasteiger partial charge on any atom is 0.221 e. The molecule has 1 saturated heterocycles. The molecule has 1 fully saturated rings. The fourth-order valence-electron chi connectivity index (χ4n) is 4.02. The molecule has 0 bridgehead atoms. The van der Waals surface area contributed by atoms with Crippen LogP contribution in [0.2, 0.25) is 5.02 Å². The number of aliphatic hydroxyl groups is 1. The summed E-state index contributed by atoms with van der Waals surface area (Å²) in [6.45, 7) is 4.69. The lowest BCUT2D eigenvalue weighted by atomic mass is 10.0. The van der Waals surface area contributed by atoms with E-state index in [0.29, 0.717) is 10.7 Å². The van der Waals surface area contributed by atoms with Crippen LogP contribution in [0.4, 0.5) is 5.69 Å². The van der Waals surface area contributed by atoms with E-state index in [-0.39, 0.29) is 30.1 Å². The zero-order chi connectivity index (χ0) is 25.6. The summed E-state index contributed by atoms with van der Waals surface area (Å²) in [6, 6.07) is 11.8. The van der Waals surface area contributed by atoms with Crippen LogP contribution in [0.1, 0.15) is 32.3 Å². The Kier molecular flexibility index (Phi) is 9.37. The molecule has 1 heterocycles. The molecule has 1 aliphatic rings. The average molecular weight is 526 g/mol. The van der Waals surface area contributed by atoms with Crippen molar-refractivity contribution in [2.45, 2.75) is 50.3 Å². The van der Waals surface area contributed by atoms with Crippen LogP contribution in [0.3, 0.4) is 0 Å². The molecule has 192 valence electrons. The molecular formula is C24H32ClN3O6S. The van der Waals surface area contributed by atoms with Crippen molar-refractivity contribution in [3.05, 3.63) is 53.1 Å². The fourth-order valence-corrected chi connectivity index (χ4v) is 5.01. The number of nitrogens with zero attached hydrogens (tertiary/aromatic N) is 1. The van der Waals surface area contributed by atoms with E-state index in [1.165, 1.54) is 32.0 Å². The summed E-state index contributed by atoms with van der Waals surface area (Å²) >= 11 is 5.95. The van der Waals surface area contributed by atoms with E-state index in [1.54, 1.807) is 0 Å². The second kappa shape index (κ2) is 12.0. The maximum absolute atomic E-state index is 12.1. The molecule has 3 rings (SSSR count). The van der Waals surface area contributed by atoms with Crippen LogP contribution in [0.5, 0.6) is 11.5 Å². The molecule has 1 unspecified atom stereocenters. The van der Waals surface area contributed by atoms with Gasteiger partial charge < -0.3 is 20.3 Å². The van der Waals surface area contributed by atoms with Gasteiger partial charge in [-0.25, -0.2) is 8.42 Å². The number of likely N-dealkylation sites (tertiary alicyclic amines) is 1. The molecule has 35 heavy (non-hydrogen) atoms. The maximum atomic E-state index is 12.1. The third-order valence-corrected chi connectivity index (χ3v) is 7.28. The van der Waals surface area contributed by atoms with Crippen LogP contribution in [-0.4, -0.2) is 66.2 Å². The normalized spacial score (nSPS) is 17.6. The number of rotatable bonds is 10. The lowest BCUT2D eigenvalue weighted by molar-refractivity contribution is -0.114. The molecule has 0 saturated carbocycles. The van der Waals surface area contributed by atoms with Crippen LogP contribution in [0.15, 0.2) is 42.5 Å². The van der Waals surface area contributed by atoms with Crippen molar-refractivity contribution in [3.8, 4) is 11.5 Å². The van der Waals surface area contributed by atoms with Crippen LogP contribution < -0.4 is 15.4 Å². The van der Waals surface area contributed by atoms with Gasteiger partial charge in [0, 0.05) is 30.6 Å². The van der Waals surface area contributed by atoms with Crippen molar-refractivity contribution in [2.75, 3.05) is 25.0 Å². The number of thiol groups is 1. The van der Waals surface area contributed by atoms with Crippen molar-refractivity contribution in [2.24, 2.45) is 0 Å². The van der Waals surface area contributed by atoms with E-state index < -0.39 is 21.7 Å². The summed E-state index contributed by atoms with van der Waals surface area (Å²) < 4.78 is 29.8. The number of hydrogen-bond acceptors (Lipinski definition) is 8.